The Bertz CT molecular complexity index is 843. The number of esters is 1. The van der Waals surface area contributed by atoms with Crippen LogP contribution in [0.5, 0.6) is 5.75 Å². The predicted octanol–water partition coefficient (Wildman–Crippen LogP) is 4.30. The lowest BCUT2D eigenvalue weighted by Gasteiger charge is -2.12. The zero-order valence-corrected chi connectivity index (χ0v) is 15.1. The quantitative estimate of drug-likeness (QED) is 0.587. The molecule has 0 bridgehead atoms. The smallest absolute Gasteiger partial charge is 0.416 e. The second-order valence-corrected chi connectivity index (χ2v) is 5.75. The number of carbonyl (C=O) groups excluding carboxylic acids is 2. The van der Waals surface area contributed by atoms with Gasteiger partial charge < -0.3 is 14.8 Å². The second-order valence-electron chi connectivity index (χ2n) is 5.75. The number of ether oxygens (including phenoxy) is 2. The number of methoxy groups -OCH3 is 1. The molecule has 0 unspecified atom stereocenters. The lowest BCUT2D eigenvalue weighted by molar-refractivity contribution is -0.148. The van der Waals surface area contributed by atoms with Crippen molar-refractivity contribution in [3.05, 3.63) is 65.7 Å². The van der Waals surface area contributed by atoms with Gasteiger partial charge in [-0.3, -0.25) is 4.79 Å². The van der Waals surface area contributed by atoms with Crippen LogP contribution in [0, 0.1) is 0 Å². The summed E-state index contributed by atoms with van der Waals surface area (Å²) in [4.78, 5) is 23.9. The van der Waals surface area contributed by atoms with Crippen LogP contribution >= 0.6 is 0 Å². The fourth-order valence-corrected chi connectivity index (χ4v) is 2.13. The molecular formula is C20H18F3NO4. The zero-order chi connectivity index (χ0) is 20.7. The summed E-state index contributed by atoms with van der Waals surface area (Å²) in [7, 11) is 1.52. The lowest BCUT2D eigenvalue weighted by Crippen LogP contribution is -2.29. The molecule has 0 spiro atoms. The molecule has 0 heterocycles. The first-order valence-electron chi connectivity index (χ1n) is 8.20. The summed E-state index contributed by atoms with van der Waals surface area (Å²) >= 11 is 0. The zero-order valence-electron chi connectivity index (χ0n) is 15.1. The van der Waals surface area contributed by atoms with Gasteiger partial charge in [0.05, 0.1) is 12.7 Å². The minimum absolute atomic E-state index is 0.389. The number of benzene rings is 2. The standard InChI is InChI=1S/C20H18F3NO4/c1-13(19(26)24-16-8-10-17(27-2)11-9-16)28-18(25)12-5-14-3-6-15(7-4-14)20(21,22)23/h3-13H,1-2H3,(H,24,26)/b12-5+/t13-/m1/s1. The van der Waals surface area contributed by atoms with E-state index in [4.69, 9.17) is 9.47 Å². The number of alkyl halides is 3. The molecule has 0 saturated heterocycles. The number of anilines is 1. The molecule has 1 amide bonds. The summed E-state index contributed by atoms with van der Waals surface area (Å²) in [5.41, 5.74) is 0.116. The van der Waals surface area contributed by atoms with Crippen molar-refractivity contribution in [2.45, 2.75) is 19.2 Å². The fraction of sp³-hybridized carbons (Fsp3) is 0.200. The molecule has 2 aromatic carbocycles. The highest BCUT2D eigenvalue weighted by molar-refractivity contribution is 5.96. The maximum absolute atomic E-state index is 12.5. The van der Waals surface area contributed by atoms with Gasteiger partial charge in [-0.15, -0.1) is 0 Å². The Morgan fingerprint density at radius 3 is 2.18 bits per heavy atom. The largest absolute Gasteiger partial charge is 0.497 e. The van der Waals surface area contributed by atoms with E-state index in [1.165, 1.54) is 32.2 Å². The molecule has 5 nitrogen and oxygen atoms in total. The first kappa shape index (κ1) is 21.0. The minimum Gasteiger partial charge on any atom is -0.497 e. The number of nitrogens with one attached hydrogen (secondary N) is 1. The second kappa shape index (κ2) is 9.07. The number of hydrogen-bond acceptors (Lipinski definition) is 4. The molecular weight excluding hydrogens is 375 g/mol. The number of rotatable bonds is 6. The van der Waals surface area contributed by atoms with Crippen LogP contribution in [-0.2, 0) is 20.5 Å². The molecule has 0 aliphatic rings. The van der Waals surface area contributed by atoms with E-state index < -0.39 is 29.7 Å². The van der Waals surface area contributed by atoms with Crippen LogP contribution in [0.3, 0.4) is 0 Å². The Morgan fingerprint density at radius 2 is 1.64 bits per heavy atom. The van der Waals surface area contributed by atoms with Crippen molar-refractivity contribution in [2.24, 2.45) is 0 Å². The number of halogens is 3. The highest BCUT2D eigenvalue weighted by atomic mass is 19.4. The molecule has 28 heavy (non-hydrogen) atoms. The average molecular weight is 393 g/mol. The van der Waals surface area contributed by atoms with Crippen LogP contribution in [0.4, 0.5) is 18.9 Å². The van der Waals surface area contributed by atoms with Crippen molar-refractivity contribution in [3.63, 3.8) is 0 Å². The Hall–Kier alpha value is -3.29. The SMILES string of the molecule is COc1ccc(NC(=O)[C@@H](C)OC(=O)/C=C/c2ccc(C(F)(F)F)cc2)cc1. The van der Waals surface area contributed by atoms with E-state index in [1.54, 1.807) is 24.3 Å². The van der Waals surface area contributed by atoms with Crippen molar-refractivity contribution >= 4 is 23.6 Å². The summed E-state index contributed by atoms with van der Waals surface area (Å²) in [6, 6.07) is 10.9. The third-order valence-electron chi connectivity index (χ3n) is 3.67. The van der Waals surface area contributed by atoms with E-state index in [1.807, 2.05) is 0 Å². The number of carbonyl (C=O) groups is 2. The van der Waals surface area contributed by atoms with Crippen LogP contribution in [-0.4, -0.2) is 25.1 Å². The monoisotopic (exact) mass is 393 g/mol. The van der Waals surface area contributed by atoms with Gasteiger partial charge in [0, 0.05) is 11.8 Å². The highest BCUT2D eigenvalue weighted by Crippen LogP contribution is 2.29. The van der Waals surface area contributed by atoms with Crippen molar-refractivity contribution in [1.29, 1.82) is 0 Å². The number of hydrogen-bond donors (Lipinski definition) is 1. The number of amides is 1. The maximum Gasteiger partial charge on any atom is 0.416 e. The van der Waals surface area contributed by atoms with Crippen LogP contribution in [0.1, 0.15) is 18.1 Å². The van der Waals surface area contributed by atoms with E-state index in [-0.39, 0.29) is 0 Å². The molecule has 1 N–H and O–H groups in total. The molecule has 0 saturated carbocycles. The van der Waals surface area contributed by atoms with Gasteiger partial charge in [0.2, 0.25) is 0 Å². The summed E-state index contributed by atoms with van der Waals surface area (Å²) < 4.78 is 47.5. The Labute approximate surface area is 159 Å². The van der Waals surface area contributed by atoms with Gasteiger partial charge in [0.25, 0.3) is 5.91 Å². The predicted molar refractivity (Wildman–Crippen MR) is 97.7 cm³/mol. The Balaban J connectivity index is 1.88. The van der Waals surface area contributed by atoms with Gasteiger partial charge in [-0.05, 0) is 55.0 Å². The molecule has 1 atom stereocenters. The van der Waals surface area contributed by atoms with Gasteiger partial charge in [0.15, 0.2) is 6.10 Å². The van der Waals surface area contributed by atoms with Gasteiger partial charge in [-0.2, -0.15) is 13.2 Å². The van der Waals surface area contributed by atoms with Gasteiger partial charge in [0.1, 0.15) is 5.75 Å². The van der Waals surface area contributed by atoms with Crippen molar-refractivity contribution < 1.29 is 32.2 Å². The van der Waals surface area contributed by atoms with Crippen molar-refractivity contribution in [3.8, 4) is 5.75 Å². The third kappa shape index (κ3) is 6.15. The minimum atomic E-state index is -4.42. The summed E-state index contributed by atoms with van der Waals surface area (Å²) in [6.07, 6.45) is -3.14. The molecule has 2 rings (SSSR count). The average Bonchev–Trinajstić information content (AvgIpc) is 2.66. The molecule has 0 radical (unpaired) electrons. The first-order chi connectivity index (χ1) is 13.2. The lowest BCUT2D eigenvalue weighted by atomic mass is 10.1. The summed E-state index contributed by atoms with van der Waals surface area (Å²) in [5.74, 6) is -0.690. The normalized spacial score (nSPS) is 12.5. The van der Waals surface area contributed by atoms with Crippen molar-refractivity contribution in [1.82, 2.24) is 0 Å². The van der Waals surface area contributed by atoms with E-state index in [0.717, 1.165) is 18.2 Å². The first-order valence-corrected chi connectivity index (χ1v) is 8.20. The van der Waals surface area contributed by atoms with E-state index >= 15 is 0 Å². The highest BCUT2D eigenvalue weighted by Gasteiger charge is 2.29. The van der Waals surface area contributed by atoms with E-state index in [2.05, 4.69) is 5.32 Å². The summed E-state index contributed by atoms with van der Waals surface area (Å²) in [6.45, 7) is 1.41. The Kier molecular flexibility index (Phi) is 6.81. The third-order valence-corrected chi connectivity index (χ3v) is 3.67. The maximum atomic E-state index is 12.5. The van der Waals surface area contributed by atoms with Gasteiger partial charge >= 0.3 is 12.1 Å². The van der Waals surface area contributed by atoms with Gasteiger partial charge in [-0.25, -0.2) is 4.79 Å². The summed E-state index contributed by atoms with van der Waals surface area (Å²) in [5, 5.41) is 2.59. The van der Waals surface area contributed by atoms with Crippen molar-refractivity contribution in [2.75, 3.05) is 12.4 Å². The molecule has 8 heteroatoms. The van der Waals surface area contributed by atoms with Crippen LogP contribution in [0.25, 0.3) is 6.08 Å². The molecule has 0 aliphatic heterocycles. The topological polar surface area (TPSA) is 64.6 Å². The molecule has 0 aliphatic carbocycles. The Morgan fingerprint density at radius 1 is 1.04 bits per heavy atom. The fourth-order valence-electron chi connectivity index (χ4n) is 2.13. The van der Waals surface area contributed by atoms with Crippen LogP contribution in [0.2, 0.25) is 0 Å². The van der Waals surface area contributed by atoms with E-state index in [9.17, 15) is 22.8 Å². The van der Waals surface area contributed by atoms with Crippen LogP contribution in [0.15, 0.2) is 54.6 Å². The molecule has 148 valence electrons. The van der Waals surface area contributed by atoms with E-state index in [0.29, 0.717) is 17.0 Å². The van der Waals surface area contributed by atoms with Crippen LogP contribution < -0.4 is 10.1 Å². The molecule has 2 aromatic rings. The molecule has 0 fully saturated rings. The molecule has 0 aromatic heterocycles. The van der Waals surface area contributed by atoms with Gasteiger partial charge in [-0.1, -0.05) is 12.1 Å².